The van der Waals surface area contributed by atoms with E-state index in [0.29, 0.717) is 26.1 Å². The van der Waals surface area contributed by atoms with Crippen molar-refractivity contribution in [1.82, 2.24) is 0 Å². The molecule has 0 N–H and O–H groups in total. The largest absolute Gasteiger partial charge is 0.465 e. The molecule has 0 aliphatic heterocycles. The fourth-order valence-corrected chi connectivity index (χ4v) is 4.02. The molecule has 1 aliphatic rings. The third-order valence-corrected chi connectivity index (χ3v) is 5.95. The number of esters is 2. The van der Waals surface area contributed by atoms with E-state index in [0.717, 1.165) is 44.9 Å². The molecule has 0 bridgehead atoms. The molecule has 1 saturated carbocycles. The number of carbonyl (C=O) groups excluding carboxylic acids is 2. The Labute approximate surface area is 173 Å². The van der Waals surface area contributed by atoms with Crippen LogP contribution in [-0.2, 0) is 19.1 Å². The van der Waals surface area contributed by atoms with Crippen LogP contribution in [0.15, 0.2) is 0 Å². The molecule has 0 spiro atoms. The van der Waals surface area contributed by atoms with E-state index in [1.807, 2.05) is 0 Å². The minimum absolute atomic E-state index is 0.339. The van der Waals surface area contributed by atoms with Crippen molar-refractivity contribution >= 4 is 11.9 Å². The quantitative estimate of drug-likeness (QED) is 0.165. The lowest BCUT2D eigenvalue weighted by atomic mass is 9.74. The van der Waals surface area contributed by atoms with Crippen LogP contribution in [0, 0.1) is 5.41 Å². The summed E-state index contributed by atoms with van der Waals surface area (Å²) in [5.74, 6) is -0.678. The maximum absolute atomic E-state index is 12.8. The van der Waals surface area contributed by atoms with E-state index in [2.05, 4.69) is 13.8 Å². The third-order valence-electron chi connectivity index (χ3n) is 5.95. The van der Waals surface area contributed by atoms with Crippen LogP contribution < -0.4 is 0 Å². The Kier molecular flexibility index (Phi) is 14.1. The summed E-state index contributed by atoms with van der Waals surface area (Å²) in [5.41, 5.74) is -1.04. The molecule has 1 fully saturated rings. The van der Waals surface area contributed by atoms with E-state index in [4.69, 9.17) is 9.47 Å². The van der Waals surface area contributed by atoms with Gasteiger partial charge in [0.05, 0.1) is 13.2 Å². The van der Waals surface area contributed by atoms with Crippen molar-refractivity contribution in [2.24, 2.45) is 5.41 Å². The van der Waals surface area contributed by atoms with Crippen LogP contribution in [0.3, 0.4) is 0 Å². The summed E-state index contributed by atoms with van der Waals surface area (Å²) in [7, 11) is 0. The molecule has 4 nitrogen and oxygen atoms in total. The topological polar surface area (TPSA) is 52.6 Å². The molecule has 0 radical (unpaired) electrons. The van der Waals surface area contributed by atoms with E-state index in [1.54, 1.807) is 0 Å². The highest BCUT2D eigenvalue weighted by molar-refractivity contribution is 6.00. The van der Waals surface area contributed by atoms with Gasteiger partial charge in [0, 0.05) is 0 Å². The molecule has 0 heterocycles. The van der Waals surface area contributed by atoms with Gasteiger partial charge in [-0.1, -0.05) is 97.3 Å². The SMILES string of the molecule is CCCCCCCCOC(=O)C1(C(=O)OCCCCCCCC)CCCCC1. The Hall–Kier alpha value is -1.06. The second-order valence-corrected chi connectivity index (χ2v) is 8.45. The second-order valence-electron chi connectivity index (χ2n) is 8.45. The molecule has 0 unspecified atom stereocenters. The predicted octanol–water partition coefficient (Wildman–Crippen LogP) is 6.74. The van der Waals surface area contributed by atoms with Crippen LogP contribution in [-0.4, -0.2) is 25.2 Å². The van der Waals surface area contributed by atoms with Gasteiger partial charge in [-0.05, 0) is 25.7 Å². The Morgan fingerprint density at radius 2 is 1.00 bits per heavy atom. The smallest absolute Gasteiger partial charge is 0.323 e. The average molecular weight is 397 g/mol. The van der Waals surface area contributed by atoms with Gasteiger partial charge in [-0.2, -0.15) is 0 Å². The van der Waals surface area contributed by atoms with Crippen molar-refractivity contribution < 1.29 is 19.1 Å². The van der Waals surface area contributed by atoms with Gasteiger partial charge in [0.15, 0.2) is 5.41 Å². The van der Waals surface area contributed by atoms with E-state index in [-0.39, 0.29) is 11.9 Å². The summed E-state index contributed by atoms with van der Waals surface area (Å²) in [6.45, 7) is 5.27. The standard InChI is InChI=1S/C24H44O4/c1-3-5-7-9-11-16-20-27-22(25)24(18-14-13-15-19-24)23(26)28-21-17-12-10-8-6-4-2/h3-21H2,1-2H3. The number of carbonyl (C=O) groups is 2. The van der Waals surface area contributed by atoms with E-state index < -0.39 is 5.41 Å². The summed E-state index contributed by atoms with van der Waals surface area (Å²) < 4.78 is 11.1. The predicted molar refractivity (Wildman–Crippen MR) is 114 cm³/mol. The molecule has 0 amide bonds. The van der Waals surface area contributed by atoms with Gasteiger partial charge < -0.3 is 9.47 Å². The first-order valence-electron chi connectivity index (χ1n) is 12.0. The van der Waals surface area contributed by atoms with Crippen LogP contribution in [0.25, 0.3) is 0 Å². The van der Waals surface area contributed by atoms with Crippen LogP contribution in [0.2, 0.25) is 0 Å². The van der Waals surface area contributed by atoms with Gasteiger partial charge in [0.1, 0.15) is 0 Å². The molecule has 1 rings (SSSR count). The van der Waals surface area contributed by atoms with Crippen molar-refractivity contribution in [3.63, 3.8) is 0 Å². The Bertz CT molecular complexity index is 381. The summed E-state index contributed by atoms with van der Waals surface area (Å²) >= 11 is 0. The molecule has 28 heavy (non-hydrogen) atoms. The van der Waals surface area contributed by atoms with Gasteiger partial charge in [-0.15, -0.1) is 0 Å². The molecular weight excluding hydrogens is 352 g/mol. The zero-order valence-electron chi connectivity index (χ0n) is 18.6. The third kappa shape index (κ3) is 9.43. The zero-order chi connectivity index (χ0) is 20.5. The van der Waals surface area contributed by atoms with Crippen LogP contribution in [0.4, 0.5) is 0 Å². The van der Waals surface area contributed by atoms with Gasteiger partial charge in [-0.25, -0.2) is 0 Å². The Balaban J connectivity index is 2.35. The number of rotatable bonds is 16. The highest BCUT2D eigenvalue weighted by Gasteiger charge is 2.49. The number of unbranched alkanes of at least 4 members (excludes halogenated alkanes) is 10. The number of hydrogen-bond donors (Lipinski definition) is 0. The van der Waals surface area contributed by atoms with Crippen LogP contribution in [0.1, 0.15) is 123 Å². The zero-order valence-corrected chi connectivity index (χ0v) is 18.6. The number of hydrogen-bond acceptors (Lipinski definition) is 4. The Morgan fingerprint density at radius 3 is 1.43 bits per heavy atom. The molecule has 0 atom stereocenters. The minimum Gasteiger partial charge on any atom is -0.465 e. The number of ether oxygens (including phenoxy) is 2. The van der Waals surface area contributed by atoms with Crippen LogP contribution in [0.5, 0.6) is 0 Å². The minimum atomic E-state index is -1.04. The van der Waals surface area contributed by atoms with E-state index in [1.165, 1.54) is 51.4 Å². The van der Waals surface area contributed by atoms with Crippen LogP contribution >= 0.6 is 0 Å². The molecule has 0 saturated heterocycles. The monoisotopic (exact) mass is 396 g/mol. The molecule has 0 aromatic heterocycles. The van der Waals surface area contributed by atoms with E-state index in [9.17, 15) is 9.59 Å². The fourth-order valence-electron chi connectivity index (χ4n) is 4.02. The molecule has 164 valence electrons. The summed E-state index contributed by atoms with van der Waals surface area (Å²) in [4.78, 5) is 25.6. The van der Waals surface area contributed by atoms with Crippen molar-refractivity contribution in [2.75, 3.05) is 13.2 Å². The first kappa shape index (κ1) is 25.0. The van der Waals surface area contributed by atoms with Gasteiger partial charge >= 0.3 is 11.9 Å². The van der Waals surface area contributed by atoms with Gasteiger partial charge in [0.25, 0.3) is 0 Å². The highest BCUT2D eigenvalue weighted by atomic mass is 16.6. The molecule has 0 aromatic carbocycles. The molecule has 1 aliphatic carbocycles. The molecule has 0 aromatic rings. The van der Waals surface area contributed by atoms with Crippen molar-refractivity contribution in [3.8, 4) is 0 Å². The van der Waals surface area contributed by atoms with E-state index >= 15 is 0 Å². The Morgan fingerprint density at radius 1 is 0.607 bits per heavy atom. The maximum Gasteiger partial charge on any atom is 0.323 e. The van der Waals surface area contributed by atoms with Crippen molar-refractivity contribution in [3.05, 3.63) is 0 Å². The highest BCUT2D eigenvalue weighted by Crippen LogP contribution is 2.39. The lowest BCUT2D eigenvalue weighted by molar-refractivity contribution is -0.175. The molecule has 4 heteroatoms. The molecular formula is C24H44O4. The first-order valence-corrected chi connectivity index (χ1v) is 12.0. The maximum atomic E-state index is 12.8. The van der Waals surface area contributed by atoms with Crippen molar-refractivity contribution in [1.29, 1.82) is 0 Å². The van der Waals surface area contributed by atoms with Crippen molar-refractivity contribution in [2.45, 2.75) is 123 Å². The summed E-state index contributed by atoms with van der Waals surface area (Å²) in [6, 6.07) is 0. The van der Waals surface area contributed by atoms with Gasteiger partial charge in [0.2, 0.25) is 0 Å². The second kappa shape index (κ2) is 15.8. The average Bonchev–Trinajstić information content (AvgIpc) is 2.72. The summed E-state index contributed by atoms with van der Waals surface area (Å²) in [5, 5.41) is 0. The normalized spacial score (nSPS) is 15.9. The fraction of sp³-hybridized carbons (Fsp3) is 0.917. The lowest BCUT2D eigenvalue weighted by Gasteiger charge is -2.32. The first-order chi connectivity index (χ1) is 13.7. The summed E-state index contributed by atoms with van der Waals surface area (Å²) in [6.07, 6.45) is 17.9. The van der Waals surface area contributed by atoms with Gasteiger partial charge in [-0.3, -0.25) is 9.59 Å². The lowest BCUT2D eigenvalue weighted by Crippen LogP contribution is -2.43.